The van der Waals surface area contributed by atoms with Gasteiger partial charge in [0.1, 0.15) is 0 Å². The lowest BCUT2D eigenvalue weighted by Gasteiger charge is -2.17. The van der Waals surface area contributed by atoms with Crippen molar-refractivity contribution in [2.45, 2.75) is 66.5 Å². The van der Waals surface area contributed by atoms with Gasteiger partial charge in [0.15, 0.2) is 0 Å². The quantitative estimate of drug-likeness (QED) is 0.263. The average molecular weight is 473 g/mol. The van der Waals surface area contributed by atoms with E-state index in [4.69, 9.17) is 0 Å². The second-order valence-electron chi connectivity index (χ2n) is 11.1. The summed E-state index contributed by atoms with van der Waals surface area (Å²) in [5.74, 6) is 0.879. The third-order valence-corrected chi connectivity index (χ3v) is 8.13. The molecule has 0 atom stereocenters. The van der Waals surface area contributed by atoms with Gasteiger partial charge in [-0.15, -0.1) is 9.15 Å². The van der Waals surface area contributed by atoms with Crippen LogP contribution in [0, 0.1) is 13.8 Å². The van der Waals surface area contributed by atoms with Gasteiger partial charge in [-0.1, -0.05) is 88.4 Å². The molecule has 0 bridgehead atoms. The van der Waals surface area contributed by atoms with Gasteiger partial charge in [-0.05, 0) is 43.2 Å². The van der Waals surface area contributed by atoms with E-state index in [0.29, 0.717) is 11.8 Å². The van der Waals surface area contributed by atoms with Crippen molar-refractivity contribution in [3.63, 3.8) is 0 Å². The van der Waals surface area contributed by atoms with E-state index in [2.05, 4.69) is 130 Å². The number of rotatable bonds is 4. The van der Waals surface area contributed by atoms with Crippen LogP contribution in [0.4, 0.5) is 11.4 Å². The molecule has 2 aliphatic rings. The lowest BCUT2D eigenvalue weighted by molar-refractivity contribution is -0.688. The van der Waals surface area contributed by atoms with Gasteiger partial charge in [0, 0.05) is 27.6 Å². The van der Waals surface area contributed by atoms with Crippen molar-refractivity contribution < 1.29 is 9.15 Å². The van der Waals surface area contributed by atoms with Crippen molar-refractivity contribution in [2.24, 2.45) is 0 Å². The summed E-state index contributed by atoms with van der Waals surface area (Å²) in [7, 11) is 0. The first-order valence-electron chi connectivity index (χ1n) is 13.4. The molecule has 4 aromatic rings. The van der Waals surface area contributed by atoms with Crippen molar-refractivity contribution in [2.75, 3.05) is 0 Å². The first kappa shape index (κ1) is 22.9. The Labute approximate surface area is 215 Å². The number of para-hydroxylation sites is 2. The van der Waals surface area contributed by atoms with Crippen LogP contribution in [0.25, 0.3) is 10.8 Å². The minimum atomic E-state index is 0.149. The molecule has 0 radical (unpaired) electrons. The zero-order valence-electron chi connectivity index (χ0n) is 22.6. The molecule has 1 aliphatic carbocycles. The molecule has 1 heterocycles. The first-order chi connectivity index (χ1) is 17.3. The van der Waals surface area contributed by atoms with Gasteiger partial charge < -0.3 is 0 Å². The van der Waals surface area contributed by atoms with E-state index in [1.165, 1.54) is 67.0 Å². The standard InChI is InChI=1S/C34H36N2/c1-20(2)26-16-8-12-22(5)31(26)35-24(7)36(32-23(6)13-9-17-27(32)21(3)4)34-29-19-11-15-25-14-10-18-28(30(25)29)33(34)35/h8-21,24H,1-7H3/q+2. The summed E-state index contributed by atoms with van der Waals surface area (Å²) in [6.45, 7) is 16.2. The molecule has 4 aromatic carbocycles. The van der Waals surface area contributed by atoms with E-state index >= 15 is 0 Å². The molecule has 0 aromatic heterocycles. The highest BCUT2D eigenvalue weighted by atomic mass is 15.3. The number of hydrogen-bond acceptors (Lipinski definition) is 0. The highest BCUT2D eigenvalue weighted by molar-refractivity contribution is 6.58. The summed E-state index contributed by atoms with van der Waals surface area (Å²) < 4.78 is 5.29. The van der Waals surface area contributed by atoms with Gasteiger partial charge in [0.2, 0.25) is 11.4 Å². The highest BCUT2D eigenvalue weighted by Crippen LogP contribution is 2.43. The molecule has 6 rings (SSSR count). The van der Waals surface area contributed by atoms with Crippen LogP contribution in [0.2, 0.25) is 0 Å². The van der Waals surface area contributed by atoms with Crippen molar-refractivity contribution >= 4 is 33.6 Å². The molecule has 1 aliphatic heterocycles. The van der Waals surface area contributed by atoms with Crippen LogP contribution < -0.4 is 0 Å². The minimum absolute atomic E-state index is 0.149. The summed E-state index contributed by atoms with van der Waals surface area (Å²) in [6, 6.07) is 27.2. The lowest BCUT2D eigenvalue weighted by atomic mass is 9.96. The first-order valence-corrected chi connectivity index (χ1v) is 13.4. The van der Waals surface area contributed by atoms with Gasteiger partial charge in [-0.3, -0.25) is 0 Å². The smallest absolute Gasteiger partial charge is 0.123 e. The molecule has 0 amide bonds. The number of aryl methyl sites for hydroxylation is 2. The van der Waals surface area contributed by atoms with Crippen LogP contribution in [0.1, 0.15) is 79.8 Å². The van der Waals surface area contributed by atoms with E-state index in [1.807, 2.05) is 0 Å². The fraction of sp³-hybridized carbons (Fsp3) is 0.294. The zero-order valence-corrected chi connectivity index (χ0v) is 22.6. The molecular formula is C34H36N2+2. The van der Waals surface area contributed by atoms with Gasteiger partial charge >= 0.3 is 6.17 Å². The maximum atomic E-state index is 2.64. The Morgan fingerprint density at radius 1 is 0.583 bits per heavy atom. The second-order valence-corrected chi connectivity index (χ2v) is 11.1. The molecule has 2 nitrogen and oxygen atoms in total. The Bertz CT molecular complexity index is 1500. The average Bonchev–Trinajstić information content (AvgIpc) is 3.32. The summed E-state index contributed by atoms with van der Waals surface area (Å²) in [5.41, 5.74) is 13.6. The normalized spacial score (nSPS) is 15.2. The lowest BCUT2D eigenvalue weighted by Crippen LogP contribution is -2.28. The third-order valence-electron chi connectivity index (χ3n) is 8.13. The van der Waals surface area contributed by atoms with Gasteiger partial charge in [0.05, 0.1) is 18.1 Å². The Balaban J connectivity index is 1.78. The van der Waals surface area contributed by atoms with E-state index in [0.717, 1.165) is 0 Å². The molecule has 180 valence electrons. The SMILES string of the molecule is Cc1cccc(C(C)C)c1[N+]1=C2C(=[N+](c3c(C)cccc3C(C)C)C1C)c1cccc3cccc2c13. The Morgan fingerprint density at radius 2 is 1.00 bits per heavy atom. The molecule has 0 fully saturated rings. The molecule has 36 heavy (non-hydrogen) atoms. The monoisotopic (exact) mass is 472 g/mol. The van der Waals surface area contributed by atoms with E-state index in [-0.39, 0.29) is 6.17 Å². The number of hydrogen-bond donors (Lipinski definition) is 0. The summed E-state index contributed by atoms with van der Waals surface area (Å²) in [6.07, 6.45) is 0.149. The topological polar surface area (TPSA) is 6.02 Å². The number of fused-ring (bicyclic) bond motifs is 3. The molecular weight excluding hydrogens is 436 g/mol. The zero-order chi connectivity index (χ0) is 25.3. The van der Waals surface area contributed by atoms with Crippen molar-refractivity contribution in [3.8, 4) is 0 Å². The summed E-state index contributed by atoms with van der Waals surface area (Å²) in [5, 5.41) is 2.70. The van der Waals surface area contributed by atoms with Crippen molar-refractivity contribution in [1.29, 1.82) is 0 Å². The van der Waals surface area contributed by atoms with Crippen LogP contribution >= 0.6 is 0 Å². The molecule has 0 spiro atoms. The predicted octanol–water partition coefficient (Wildman–Crippen LogP) is 8.34. The fourth-order valence-corrected chi connectivity index (χ4v) is 6.52. The van der Waals surface area contributed by atoms with Gasteiger partial charge in [0.25, 0.3) is 11.4 Å². The molecule has 0 N–H and O–H groups in total. The molecule has 0 saturated carbocycles. The molecule has 2 heteroatoms. The Morgan fingerprint density at radius 3 is 1.42 bits per heavy atom. The summed E-state index contributed by atoms with van der Waals surface area (Å²) >= 11 is 0. The van der Waals surface area contributed by atoms with E-state index < -0.39 is 0 Å². The largest absolute Gasteiger partial charge is 0.351 e. The minimum Gasteiger partial charge on any atom is -0.123 e. The predicted molar refractivity (Wildman–Crippen MR) is 152 cm³/mol. The molecule has 0 unspecified atom stereocenters. The van der Waals surface area contributed by atoms with Crippen LogP contribution in [0.15, 0.2) is 72.8 Å². The Hall–Kier alpha value is -3.52. The van der Waals surface area contributed by atoms with Gasteiger partial charge in [-0.2, -0.15) is 0 Å². The van der Waals surface area contributed by atoms with Crippen molar-refractivity contribution in [3.05, 3.63) is 106 Å². The maximum Gasteiger partial charge on any atom is 0.351 e. The van der Waals surface area contributed by atoms with Crippen molar-refractivity contribution in [1.82, 2.24) is 0 Å². The van der Waals surface area contributed by atoms with Crippen LogP contribution in [-0.4, -0.2) is 26.7 Å². The maximum absolute atomic E-state index is 2.64. The van der Waals surface area contributed by atoms with Crippen LogP contribution in [-0.2, 0) is 0 Å². The van der Waals surface area contributed by atoms with Crippen LogP contribution in [0.5, 0.6) is 0 Å². The molecule has 0 saturated heterocycles. The Kier molecular flexibility index (Phi) is 5.26. The second kappa shape index (κ2) is 8.27. The van der Waals surface area contributed by atoms with Crippen LogP contribution in [0.3, 0.4) is 0 Å². The van der Waals surface area contributed by atoms with E-state index in [9.17, 15) is 0 Å². The number of nitrogens with zero attached hydrogens (tertiary/aromatic N) is 2. The summed E-state index contributed by atoms with van der Waals surface area (Å²) in [4.78, 5) is 0. The van der Waals surface area contributed by atoms with E-state index in [1.54, 1.807) is 0 Å². The number of benzene rings is 4. The third kappa shape index (κ3) is 3.10. The fourth-order valence-electron chi connectivity index (χ4n) is 6.52. The highest BCUT2D eigenvalue weighted by Gasteiger charge is 2.54. The van der Waals surface area contributed by atoms with Gasteiger partial charge in [-0.25, -0.2) is 0 Å².